The molecule has 4 aliphatic rings. The number of rotatable bonds is 8. The number of hydrogen-bond acceptors (Lipinski definition) is 5. The van der Waals surface area contributed by atoms with E-state index in [1.165, 1.54) is 14.7 Å². The molecule has 0 radical (unpaired) electrons. The Balaban J connectivity index is 1.16. The van der Waals surface area contributed by atoms with Crippen LogP contribution in [0.5, 0.6) is 0 Å². The monoisotopic (exact) mass is 637 g/mol. The minimum absolute atomic E-state index is 0.0357. The molecule has 1 spiro atoms. The lowest BCUT2D eigenvalue weighted by Gasteiger charge is -2.45. The van der Waals surface area contributed by atoms with Crippen molar-refractivity contribution in [3.05, 3.63) is 60.7 Å². The minimum Gasteiger partial charge on any atom is -0.405 e. The first-order valence-corrected chi connectivity index (χ1v) is 20.2. The third kappa shape index (κ3) is 4.85. The summed E-state index contributed by atoms with van der Waals surface area (Å²) in [4.78, 5) is 14.0. The van der Waals surface area contributed by atoms with Crippen LogP contribution in [0.4, 0.5) is 0 Å². The normalized spacial score (nSPS) is 32.0. The molecule has 6 rings (SSSR count). The molecule has 6 nitrogen and oxygen atoms in total. The van der Waals surface area contributed by atoms with Gasteiger partial charge < -0.3 is 9.16 Å². The number of benzene rings is 2. The van der Waals surface area contributed by atoms with E-state index in [2.05, 4.69) is 102 Å². The van der Waals surface area contributed by atoms with Crippen molar-refractivity contribution in [1.82, 2.24) is 4.31 Å². The second kappa shape index (κ2) is 11.1. The average Bonchev–Trinajstić information content (AvgIpc) is 3.65. The van der Waals surface area contributed by atoms with E-state index in [9.17, 15) is 13.2 Å². The van der Waals surface area contributed by atoms with Crippen LogP contribution in [0.1, 0.15) is 87.0 Å². The molecule has 7 atom stereocenters. The summed E-state index contributed by atoms with van der Waals surface area (Å²) >= 11 is 0. The number of nitrogens with zero attached hydrogens (tertiary/aromatic N) is 1. The van der Waals surface area contributed by atoms with Crippen LogP contribution < -0.4 is 10.4 Å². The van der Waals surface area contributed by atoms with Crippen LogP contribution in [0.25, 0.3) is 0 Å². The van der Waals surface area contributed by atoms with E-state index >= 15 is 0 Å². The van der Waals surface area contributed by atoms with Crippen LogP contribution in [-0.2, 0) is 24.0 Å². The molecule has 2 saturated carbocycles. The van der Waals surface area contributed by atoms with Crippen LogP contribution >= 0.6 is 0 Å². The van der Waals surface area contributed by atoms with Crippen molar-refractivity contribution in [2.75, 3.05) is 5.75 Å². The highest BCUT2D eigenvalue weighted by Gasteiger charge is 2.72. The van der Waals surface area contributed by atoms with Gasteiger partial charge in [-0.05, 0) is 72.2 Å². The fourth-order valence-electron chi connectivity index (χ4n) is 9.62. The molecular formula is C36H51NO5SSi. The van der Waals surface area contributed by atoms with Gasteiger partial charge in [-0.1, -0.05) is 102 Å². The molecule has 2 aliphatic heterocycles. The Labute approximate surface area is 266 Å². The molecule has 0 N–H and O–H groups in total. The summed E-state index contributed by atoms with van der Waals surface area (Å²) in [6, 6.07) is 21.1. The third-order valence-corrected chi connectivity index (χ3v) is 19.2. The van der Waals surface area contributed by atoms with Crippen molar-refractivity contribution >= 4 is 34.6 Å². The summed E-state index contributed by atoms with van der Waals surface area (Å²) in [5.74, 6) is -0.173. The lowest BCUT2D eigenvalue weighted by atomic mass is 9.69. The molecule has 2 bridgehead atoms. The van der Waals surface area contributed by atoms with Gasteiger partial charge in [0.15, 0.2) is 0 Å². The maximum Gasteiger partial charge on any atom is 0.261 e. The number of carbonyl (C=O) groups is 1. The number of fused-ring (bicyclic) bond motifs is 1. The molecule has 8 heteroatoms. The lowest BCUT2D eigenvalue weighted by Crippen LogP contribution is -2.67. The number of carbonyl (C=O) groups excluding carboxylic acids is 1. The zero-order valence-corrected chi connectivity index (χ0v) is 29.4. The van der Waals surface area contributed by atoms with Gasteiger partial charge in [-0.2, -0.15) is 0 Å². The maximum absolute atomic E-state index is 14.0. The second-order valence-corrected chi connectivity index (χ2v) is 21.8. The van der Waals surface area contributed by atoms with Crippen molar-refractivity contribution in [3.8, 4) is 0 Å². The van der Waals surface area contributed by atoms with Gasteiger partial charge >= 0.3 is 0 Å². The van der Waals surface area contributed by atoms with Crippen LogP contribution in [-0.4, -0.2) is 57.1 Å². The Hall–Kier alpha value is -2.00. The van der Waals surface area contributed by atoms with Crippen molar-refractivity contribution in [2.45, 2.75) is 116 Å². The van der Waals surface area contributed by atoms with Gasteiger partial charge in [0, 0.05) is 11.5 Å². The largest absolute Gasteiger partial charge is 0.405 e. The van der Waals surface area contributed by atoms with Crippen LogP contribution in [0, 0.1) is 22.7 Å². The molecule has 4 fully saturated rings. The lowest BCUT2D eigenvalue weighted by molar-refractivity contribution is -0.137. The molecule has 2 aromatic rings. The number of amides is 1. The summed E-state index contributed by atoms with van der Waals surface area (Å²) < 4.78 is 42.2. The first-order chi connectivity index (χ1) is 20.6. The molecule has 2 saturated heterocycles. The van der Waals surface area contributed by atoms with E-state index in [1.54, 1.807) is 0 Å². The van der Waals surface area contributed by atoms with E-state index < -0.39 is 24.3 Å². The average molecular weight is 638 g/mol. The maximum atomic E-state index is 14.0. The quantitative estimate of drug-likeness (QED) is 0.338. The predicted octanol–water partition coefficient (Wildman–Crippen LogP) is 5.89. The first kappa shape index (κ1) is 32.0. The Morgan fingerprint density at radius 2 is 1.59 bits per heavy atom. The highest BCUT2D eigenvalue weighted by atomic mass is 32.2. The summed E-state index contributed by atoms with van der Waals surface area (Å²) in [6.07, 6.45) is 4.70. The summed E-state index contributed by atoms with van der Waals surface area (Å²) in [6.45, 7) is 15.3. The molecule has 0 aromatic heterocycles. The van der Waals surface area contributed by atoms with E-state index in [0.717, 1.165) is 38.5 Å². The van der Waals surface area contributed by atoms with Gasteiger partial charge in [-0.3, -0.25) is 4.79 Å². The van der Waals surface area contributed by atoms with E-state index in [1.807, 2.05) is 6.92 Å². The zero-order chi connectivity index (χ0) is 31.7. The van der Waals surface area contributed by atoms with Gasteiger partial charge in [-0.25, -0.2) is 12.7 Å². The summed E-state index contributed by atoms with van der Waals surface area (Å²) in [5, 5.41) is 2.39. The smallest absolute Gasteiger partial charge is 0.261 e. The Kier molecular flexibility index (Phi) is 8.03. The predicted molar refractivity (Wildman–Crippen MR) is 178 cm³/mol. The van der Waals surface area contributed by atoms with Gasteiger partial charge in [0.05, 0.1) is 29.9 Å². The Morgan fingerprint density at radius 1 is 1.00 bits per heavy atom. The molecular weight excluding hydrogens is 587 g/mol. The van der Waals surface area contributed by atoms with Gasteiger partial charge in [-0.15, -0.1) is 0 Å². The van der Waals surface area contributed by atoms with E-state index in [4.69, 9.17) is 9.16 Å². The summed E-state index contributed by atoms with van der Waals surface area (Å²) in [5.41, 5.74) is -0.363. The highest BCUT2D eigenvalue weighted by Crippen LogP contribution is 2.70. The van der Waals surface area contributed by atoms with E-state index in [-0.39, 0.29) is 51.9 Å². The zero-order valence-electron chi connectivity index (χ0n) is 27.6. The number of ether oxygens (including phenoxy) is 1. The van der Waals surface area contributed by atoms with E-state index in [0.29, 0.717) is 5.92 Å². The molecule has 2 aromatic carbocycles. The summed E-state index contributed by atoms with van der Waals surface area (Å²) in [7, 11) is -6.33. The Bertz CT molecular complexity index is 1430. The SMILES string of the molecule is C[C@H](C(=O)N1[C@H]2C[C@@H]3CC[C@@]2(CS1(=O)=O)C3(C)C)[C@H]1CC[C@H](C[C@H](C)O[Si](c2ccccc2)(c2ccccc2)C(C)(C)C)O1. The fraction of sp³-hybridized carbons (Fsp3) is 0.639. The second-order valence-electron chi connectivity index (χ2n) is 15.7. The fourth-order valence-corrected chi connectivity index (χ4v) is 17.0. The molecule has 2 aliphatic carbocycles. The van der Waals surface area contributed by atoms with Crippen molar-refractivity contribution in [2.24, 2.45) is 22.7 Å². The molecule has 1 amide bonds. The first-order valence-electron chi connectivity index (χ1n) is 16.6. The van der Waals surface area contributed by atoms with Crippen molar-refractivity contribution < 1.29 is 22.4 Å². The minimum atomic E-state index is -3.64. The van der Waals surface area contributed by atoms with Crippen LogP contribution in [0.3, 0.4) is 0 Å². The van der Waals surface area contributed by atoms with Gasteiger partial charge in [0.1, 0.15) is 0 Å². The van der Waals surface area contributed by atoms with Crippen molar-refractivity contribution in [1.29, 1.82) is 0 Å². The van der Waals surface area contributed by atoms with Gasteiger partial charge in [0.2, 0.25) is 15.9 Å². The van der Waals surface area contributed by atoms with Crippen molar-refractivity contribution in [3.63, 3.8) is 0 Å². The molecule has 44 heavy (non-hydrogen) atoms. The highest BCUT2D eigenvalue weighted by molar-refractivity contribution is 7.90. The standard InChI is InChI=1S/C36H51NO5SSi/c1-25(42-44(34(3,4)5,29-14-10-8-11-15-29)30-16-12-9-13-17-30)22-28-18-19-31(41-28)26(2)33(38)37-32-23-27-20-21-36(32,35(27,6)7)24-43(37,39)40/h8-17,25-28,31-32H,18-24H2,1-7H3/t25-,26-,27-,28+,31+,32-,36-/m0/s1. The topological polar surface area (TPSA) is 72.9 Å². The number of sulfonamides is 1. The molecule has 2 heterocycles. The van der Waals surface area contributed by atoms with Crippen LogP contribution in [0.2, 0.25) is 5.04 Å². The molecule has 240 valence electrons. The molecule has 0 unspecified atom stereocenters. The third-order valence-electron chi connectivity index (χ3n) is 12.1. The number of hydrogen-bond donors (Lipinski definition) is 0. The van der Waals surface area contributed by atoms with Crippen LogP contribution in [0.15, 0.2) is 60.7 Å². The van der Waals surface area contributed by atoms with Gasteiger partial charge in [0.25, 0.3) is 8.32 Å². The Morgan fingerprint density at radius 3 is 2.14 bits per heavy atom.